The lowest BCUT2D eigenvalue weighted by Crippen LogP contribution is -2.69. The van der Waals surface area contributed by atoms with E-state index in [1.807, 2.05) is 0 Å². The second-order valence-electron chi connectivity index (χ2n) is 7.54. The lowest BCUT2D eigenvalue weighted by molar-refractivity contribution is -0.0377. The molecule has 3 aliphatic heterocycles. The number of amides is 1. The van der Waals surface area contributed by atoms with Crippen molar-refractivity contribution in [1.29, 1.82) is 0 Å². The van der Waals surface area contributed by atoms with Crippen molar-refractivity contribution in [1.82, 2.24) is 10.2 Å². The maximum absolute atomic E-state index is 14.4. The number of nitrogens with zero attached hydrogens (tertiary/aromatic N) is 1. The zero-order valence-electron chi connectivity index (χ0n) is 15.2. The van der Waals surface area contributed by atoms with Crippen molar-refractivity contribution in [3.8, 4) is 5.75 Å². The van der Waals surface area contributed by atoms with Gasteiger partial charge in [-0.15, -0.1) is 23.7 Å². The van der Waals surface area contributed by atoms with Gasteiger partial charge in [0.15, 0.2) is 11.6 Å². The van der Waals surface area contributed by atoms with E-state index in [9.17, 15) is 9.18 Å². The highest BCUT2D eigenvalue weighted by atomic mass is 35.5. The fraction of sp³-hybridized carbons (Fsp3) is 0.526. The molecular formula is C19H24ClFN2O2S. The Morgan fingerprint density at radius 2 is 2.04 bits per heavy atom. The first kappa shape index (κ1) is 19.4. The maximum Gasteiger partial charge on any atom is 0.261 e. The highest BCUT2D eigenvalue weighted by molar-refractivity contribution is 7.20. The van der Waals surface area contributed by atoms with E-state index in [4.69, 9.17) is 4.74 Å². The molecule has 1 amide bonds. The Morgan fingerprint density at radius 1 is 1.35 bits per heavy atom. The van der Waals surface area contributed by atoms with Crippen LogP contribution in [0.1, 0.15) is 36.4 Å². The van der Waals surface area contributed by atoms with Gasteiger partial charge in [-0.3, -0.25) is 9.69 Å². The van der Waals surface area contributed by atoms with Crippen molar-refractivity contribution in [2.75, 3.05) is 20.2 Å². The first-order valence-electron chi connectivity index (χ1n) is 8.74. The molecular weight excluding hydrogens is 375 g/mol. The highest BCUT2D eigenvalue weighted by Gasteiger charge is 2.48. The number of fused-ring (bicyclic) bond motifs is 4. The highest BCUT2D eigenvalue weighted by Crippen LogP contribution is 2.39. The first-order chi connectivity index (χ1) is 11.9. The van der Waals surface area contributed by atoms with Crippen LogP contribution < -0.4 is 10.1 Å². The van der Waals surface area contributed by atoms with Crippen LogP contribution in [0.4, 0.5) is 4.39 Å². The smallest absolute Gasteiger partial charge is 0.261 e. The number of rotatable bonds is 3. The molecule has 3 aliphatic rings. The number of carbonyl (C=O) groups is 1. The standard InChI is InChI=1S/C19H23FN2O2S.ClH/c1-19(2)17(11-6-8-22(19)9-7-11)21-18(23)14-10-12-4-5-13(24-3)15(20)16(12)25-14;/h4-5,10-11,17H,6-9H2,1-3H3,(H,21,23);1H. The third-order valence-electron chi connectivity index (χ3n) is 5.91. The molecule has 4 heterocycles. The van der Waals surface area contributed by atoms with Crippen molar-refractivity contribution in [2.24, 2.45) is 5.92 Å². The van der Waals surface area contributed by atoms with Gasteiger partial charge in [0.1, 0.15) is 0 Å². The average molecular weight is 399 g/mol. The third-order valence-corrected chi connectivity index (χ3v) is 7.05. The molecule has 1 aromatic heterocycles. The van der Waals surface area contributed by atoms with Crippen LogP contribution >= 0.6 is 23.7 Å². The van der Waals surface area contributed by atoms with E-state index in [0.717, 1.165) is 31.3 Å². The molecule has 1 atom stereocenters. The van der Waals surface area contributed by atoms with Gasteiger partial charge in [0.2, 0.25) is 0 Å². The zero-order valence-corrected chi connectivity index (χ0v) is 16.8. The Balaban J connectivity index is 0.00000196. The summed E-state index contributed by atoms with van der Waals surface area (Å²) in [5.74, 6) is 0.230. The van der Waals surface area contributed by atoms with Gasteiger partial charge < -0.3 is 10.1 Å². The summed E-state index contributed by atoms with van der Waals surface area (Å²) < 4.78 is 19.9. The Kier molecular flexibility index (Phi) is 5.21. The van der Waals surface area contributed by atoms with Crippen molar-refractivity contribution in [2.45, 2.75) is 38.3 Å². The van der Waals surface area contributed by atoms with Crippen LogP contribution in [0.2, 0.25) is 0 Å². The van der Waals surface area contributed by atoms with Gasteiger partial charge in [-0.25, -0.2) is 4.39 Å². The Bertz CT molecular complexity index is 830. The number of benzene rings is 1. The molecule has 2 aromatic rings. The predicted octanol–water partition coefficient (Wildman–Crippen LogP) is 4.07. The molecule has 1 aromatic carbocycles. The molecule has 0 radical (unpaired) electrons. The summed E-state index contributed by atoms with van der Waals surface area (Å²) in [5, 5.41) is 3.98. The van der Waals surface area contributed by atoms with Crippen LogP contribution in [0, 0.1) is 11.7 Å². The lowest BCUT2D eigenvalue weighted by atomic mass is 9.72. The second kappa shape index (κ2) is 6.98. The molecule has 0 spiro atoms. The second-order valence-corrected chi connectivity index (χ2v) is 8.59. The van der Waals surface area contributed by atoms with Gasteiger partial charge in [-0.05, 0) is 69.3 Å². The monoisotopic (exact) mass is 398 g/mol. The van der Waals surface area contributed by atoms with Crippen LogP contribution in [-0.4, -0.2) is 42.6 Å². The Morgan fingerprint density at radius 3 is 2.65 bits per heavy atom. The fourth-order valence-electron chi connectivity index (χ4n) is 4.41. The molecule has 5 rings (SSSR count). The minimum atomic E-state index is -0.396. The van der Waals surface area contributed by atoms with E-state index < -0.39 is 5.82 Å². The van der Waals surface area contributed by atoms with Crippen molar-refractivity contribution in [3.63, 3.8) is 0 Å². The molecule has 142 valence electrons. The molecule has 7 heteroatoms. The number of thiophene rings is 1. The third kappa shape index (κ3) is 2.98. The number of nitrogens with one attached hydrogen (secondary N) is 1. The van der Waals surface area contributed by atoms with Crippen LogP contribution in [0.3, 0.4) is 0 Å². The summed E-state index contributed by atoms with van der Waals surface area (Å²) in [5.41, 5.74) is -0.0397. The predicted molar refractivity (Wildman–Crippen MR) is 105 cm³/mol. The van der Waals surface area contributed by atoms with Gasteiger partial charge in [-0.2, -0.15) is 0 Å². The van der Waals surface area contributed by atoms with Crippen molar-refractivity contribution in [3.05, 3.63) is 28.9 Å². The van der Waals surface area contributed by atoms with Gasteiger partial charge in [0, 0.05) is 11.6 Å². The lowest BCUT2D eigenvalue weighted by Gasteiger charge is -2.56. The summed E-state index contributed by atoms with van der Waals surface area (Å²) in [4.78, 5) is 15.9. The number of hydrogen-bond donors (Lipinski definition) is 1. The number of hydrogen-bond acceptors (Lipinski definition) is 4. The Labute approximate surface area is 163 Å². The van der Waals surface area contributed by atoms with Gasteiger partial charge >= 0.3 is 0 Å². The SMILES string of the molecule is COc1ccc2cc(C(=O)NC3C4CCN(CC4)C3(C)C)sc2c1F.Cl. The molecule has 26 heavy (non-hydrogen) atoms. The minimum absolute atomic E-state index is 0. The van der Waals surface area contributed by atoms with Gasteiger partial charge in [0.25, 0.3) is 5.91 Å². The quantitative estimate of drug-likeness (QED) is 0.847. The molecule has 0 aliphatic carbocycles. The van der Waals surface area contributed by atoms with Gasteiger partial charge in [-0.1, -0.05) is 0 Å². The molecule has 1 unspecified atom stereocenters. The summed E-state index contributed by atoms with van der Waals surface area (Å²) in [6.45, 7) is 6.63. The molecule has 1 N–H and O–H groups in total. The topological polar surface area (TPSA) is 41.6 Å². The van der Waals surface area contributed by atoms with Gasteiger partial charge in [0.05, 0.1) is 16.7 Å². The number of carbonyl (C=O) groups excluding carboxylic acids is 1. The summed E-state index contributed by atoms with van der Waals surface area (Å²) in [7, 11) is 1.45. The van der Waals surface area contributed by atoms with E-state index in [-0.39, 0.29) is 35.6 Å². The normalized spacial score (nSPS) is 26.4. The molecule has 2 bridgehead atoms. The van der Waals surface area contributed by atoms with E-state index >= 15 is 0 Å². The maximum atomic E-state index is 14.4. The Hall–Kier alpha value is -1.37. The first-order valence-corrected chi connectivity index (χ1v) is 9.55. The summed E-state index contributed by atoms with van der Waals surface area (Å²) >= 11 is 1.19. The number of halogens is 2. The van der Waals surface area contributed by atoms with Crippen LogP contribution in [0.25, 0.3) is 10.1 Å². The minimum Gasteiger partial charge on any atom is -0.494 e. The van der Waals surface area contributed by atoms with Crippen molar-refractivity contribution >= 4 is 39.7 Å². The summed E-state index contributed by atoms with van der Waals surface area (Å²) in [6, 6.07) is 5.30. The zero-order chi connectivity index (χ0) is 17.8. The largest absolute Gasteiger partial charge is 0.494 e. The molecule has 4 nitrogen and oxygen atoms in total. The number of ether oxygens (including phenoxy) is 1. The average Bonchev–Trinajstić information content (AvgIpc) is 3.04. The molecule has 0 saturated carbocycles. The van der Waals surface area contributed by atoms with Crippen LogP contribution in [-0.2, 0) is 0 Å². The van der Waals surface area contributed by atoms with E-state index in [0.29, 0.717) is 15.5 Å². The fourth-order valence-corrected chi connectivity index (χ4v) is 5.40. The van der Waals surface area contributed by atoms with E-state index in [2.05, 4.69) is 24.1 Å². The van der Waals surface area contributed by atoms with Crippen LogP contribution in [0.15, 0.2) is 18.2 Å². The molecule has 3 saturated heterocycles. The number of methoxy groups -OCH3 is 1. The van der Waals surface area contributed by atoms with Crippen molar-refractivity contribution < 1.29 is 13.9 Å². The van der Waals surface area contributed by atoms with Crippen LogP contribution in [0.5, 0.6) is 5.75 Å². The summed E-state index contributed by atoms with van der Waals surface area (Å²) in [6.07, 6.45) is 2.26. The number of piperidine rings is 3. The molecule has 3 fully saturated rings. The van der Waals surface area contributed by atoms with E-state index in [1.54, 1.807) is 18.2 Å². The van der Waals surface area contributed by atoms with E-state index in [1.165, 1.54) is 18.4 Å².